The predicted molar refractivity (Wildman–Crippen MR) is 94.2 cm³/mol. The molecule has 0 aliphatic heterocycles. The van der Waals surface area contributed by atoms with Crippen molar-refractivity contribution < 1.29 is 44.6 Å². The quantitative estimate of drug-likeness (QED) is 0.481. The van der Waals surface area contributed by atoms with Crippen molar-refractivity contribution in [2.75, 3.05) is 11.9 Å². The molecule has 3 nitrogen and oxygen atoms in total. The molecule has 2 aromatic rings. The van der Waals surface area contributed by atoms with Crippen LogP contribution in [0, 0.1) is 0 Å². The van der Waals surface area contributed by atoms with Gasteiger partial charge in [-0.15, -0.1) is 0 Å². The van der Waals surface area contributed by atoms with Crippen molar-refractivity contribution in [1.29, 1.82) is 0 Å². The van der Waals surface area contributed by atoms with Crippen LogP contribution >= 0.6 is 11.6 Å². The minimum absolute atomic E-state index is 0.0692. The van der Waals surface area contributed by atoms with Gasteiger partial charge in [0.15, 0.2) is 0 Å². The van der Waals surface area contributed by atoms with Crippen LogP contribution in [0.2, 0.25) is 5.02 Å². The SMILES string of the molecule is NCc1ccc(NC[C@@](O)(c2cc(Cl)cc(C(F)(F)F)c2)C(F)(F)F)cc1C(F)(F)F. The first-order chi connectivity index (χ1) is 14.0. The Bertz CT molecular complexity index is 941. The molecule has 4 N–H and O–H groups in total. The molecule has 0 saturated carbocycles. The van der Waals surface area contributed by atoms with Crippen molar-refractivity contribution in [3.05, 3.63) is 63.7 Å². The molecule has 0 aliphatic carbocycles. The van der Waals surface area contributed by atoms with Gasteiger partial charge in [0.05, 0.1) is 17.7 Å². The van der Waals surface area contributed by atoms with E-state index in [4.69, 9.17) is 17.3 Å². The van der Waals surface area contributed by atoms with Crippen molar-refractivity contribution in [3.63, 3.8) is 0 Å². The zero-order valence-corrected chi connectivity index (χ0v) is 15.9. The fourth-order valence-electron chi connectivity index (χ4n) is 2.72. The van der Waals surface area contributed by atoms with E-state index in [0.29, 0.717) is 18.2 Å². The normalized spacial score (nSPS) is 15.0. The van der Waals surface area contributed by atoms with Crippen molar-refractivity contribution in [2.24, 2.45) is 5.73 Å². The third-order valence-corrected chi connectivity index (χ3v) is 4.57. The first-order valence-corrected chi connectivity index (χ1v) is 8.68. The summed E-state index contributed by atoms with van der Waals surface area (Å²) in [6, 6.07) is 3.34. The van der Waals surface area contributed by atoms with Gasteiger partial charge in [-0.2, -0.15) is 39.5 Å². The summed E-state index contributed by atoms with van der Waals surface area (Å²) < 4.78 is 119. The first kappa shape index (κ1) is 25.1. The number of rotatable bonds is 5. The van der Waals surface area contributed by atoms with Crippen LogP contribution in [0.4, 0.5) is 45.2 Å². The van der Waals surface area contributed by atoms with Crippen molar-refractivity contribution in [3.8, 4) is 0 Å². The summed E-state index contributed by atoms with van der Waals surface area (Å²) in [5, 5.41) is 11.5. The Hall–Kier alpha value is -2.18. The molecule has 2 rings (SSSR count). The van der Waals surface area contributed by atoms with E-state index in [2.05, 4.69) is 0 Å². The van der Waals surface area contributed by atoms with Crippen molar-refractivity contribution >= 4 is 17.3 Å². The Labute approximate surface area is 174 Å². The lowest BCUT2D eigenvalue weighted by Gasteiger charge is -2.32. The van der Waals surface area contributed by atoms with E-state index >= 15 is 0 Å². The van der Waals surface area contributed by atoms with Crippen LogP contribution in [0.3, 0.4) is 0 Å². The van der Waals surface area contributed by atoms with Gasteiger partial charge in [0, 0.05) is 17.3 Å². The highest BCUT2D eigenvalue weighted by molar-refractivity contribution is 6.30. The van der Waals surface area contributed by atoms with Gasteiger partial charge in [-0.1, -0.05) is 17.7 Å². The van der Waals surface area contributed by atoms with Gasteiger partial charge in [0.2, 0.25) is 5.60 Å². The number of benzene rings is 2. The predicted octanol–water partition coefficient (Wildman–Crippen LogP) is 5.70. The van der Waals surface area contributed by atoms with Crippen LogP contribution in [-0.2, 0) is 24.5 Å². The molecule has 0 aromatic heterocycles. The fourth-order valence-corrected chi connectivity index (χ4v) is 2.95. The van der Waals surface area contributed by atoms with E-state index < -0.39 is 64.6 Å². The molecule has 0 spiro atoms. The molecule has 0 saturated heterocycles. The molecule has 0 unspecified atom stereocenters. The van der Waals surface area contributed by atoms with Crippen LogP contribution in [0.25, 0.3) is 0 Å². The van der Waals surface area contributed by atoms with Crippen LogP contribution in [0.5, 0.6) is 0 Å². The van der Waals surface area contributed by atoms with E-state index in [-0.39, 0.29) is 11.6 Å². The number of aliphatic hydroxyl groups is 1. The molecule has 0 amide bonds. The molecular formula is C18H14ClF9N2O. The average Bonchev–Trinajstić information content (AvgIpc) is 2.63. The molecular weight excluding hydrogens is 467 g/mol. The number of hydrogen-bond donors (Lipinski definition) is 3. The Morgan fingerprint density at radius 2 is 1.42 bits per heavy atom. The molecule has 1 atom stereocenters. The number of anilines is 1. The summed E-state index contributed by atoms with van der Waals surface area (Å²) >= 11 is 5.50. The Morgan fingerprint density at radius 1 is 0.839 bits per heavy atom. The molecule has 0 bridgehead atoms. The minimum atomic E-state index is -5.50. The van der Waals surface area contributed by atoms with Crippen LogP contribution < -0.4 is 11.1 Å². The number of halogens is 10. The summed E-state index contributed by atoms with van der Waals surface area (Å²) in [6.07, 6.45) is -15.4. The van der Waals surface area contributed by atoms with E-state index in [0.717, 1.165) is 12.1 Å². The second kappa shape index (κ2) is 8.40. The summed E-state index contributed by atoms with van der Waals surface area (Å²) in [4.78, 5) is 0. The van der Waals surface area contributed by atoms with Gasteiger partial charge >= 0.3 is 18.5 Å². The summed E-state index contributed by atoms with van der Waals surface area (Å²) in [5.74, 6) is 0. The maximum absolute atomic E-state index is 13.6. The second-order valence-electron chi connectivity index (χ2n) is 6.51. The highest BCUT2D eigenvalue weighted by atomic mass is 35.5. The molecule has 13 heteroatoms. The zero-order valence-electron chi connectivity index (χ0n) is 15.2. The van der Waals surface area contributed by atoms with Gasteiger partial charge in [-0.3, -0.25) is 0 Å². The minimum Gasteiger partial charge on any atom is -0.381 e. The Balaban J connectivity index is 2.48. The maximum atomic E-state index is 13.6. The second-order valence-corrected chi connectivity index (χ2v) is 6.95. The summed E-state index contributed by atoms with van der Waals surface area (Å²) in [5.41, 5.74) is -3.45. The first-order valence-electron chi connectivity index (χ1n) is 8.30. The monoisotopic (exact) mass is 480 g/mol. The topological polar surface area (TPSA) is 58.3 Å². The van der Waals surface area contributed by atoms with Crippen molar-refractivity contribution in [1.82, 2.24) is 0 Å². The lowest BCUT2D eigenvalue weighted by Crippen LogP contribution is -2.48. The number of alkyl halides is 9. The zero-order chi connectivity index (χ0) is 23.8. The molecule has 2 aromatic carbocycles. The van der Waals surface area contributed by atoms with Gasteiger partial charge in [0.1, 0.15) is 0 Å². The highest BCUT2D eigenvalue weighted by Gasteiger charge is 2.55. The van der Waals surface area contributed by atoms with E-state index in [1.54, 1.807) is 0 Å². The van der Waals surface area contributed by atoms with E-state index in [1.807, 2.05) is 5.32 Å². The molecule has 0 fully saturated rings. The summed E-state index contributed by atoms with van der Waals surface area (Å²) in [6.45, 7) is -1.99. The lowest BCUT2D eigenvalue weighted by atomic mass is 9.91. The lowest BCUT2D eigenvalue weighted by molar-refractivity contribution is -0.260. The van der Waals surface area contributed by atoms with Crippen LogP contribution in [-0.4, -0.2) is 17.8 Å². The standard InChI is InChI=1S/C18H14ClF9N2O/c19-12-4-10(3-11(5-12)16(20,21)22)15(31,18(26,27)28)8-30-13-2-1-9(7-29)14(6-13)17(23,24)25/h1-6,30-31H,7-8,29H2/t15-/m1/s1. The highest BCUT2D eigenvalue weighted by Crippen LogP contribution is 2.42. The third kappa shape index (κ3) is 5.55. The smallest absolute Gasteiger partial charge is 0.381 e. The van der Waals surface area contributed by atoms with Gasteiger partial charge in [-0.25, -0.2) is 0 Å². The largest absolute Gasteiger partial charge is 0.423 e. The number of nitrogens with one attached hydrogen (secondary N) is 1. The molecule has 0 radical (unpaired) electrons. The number of hydrogen-bond acceptors (Lipinski definition) is 3. The van der Waals surface area contributed by atoms with Gasteiger partial charge in [0.25, 0.3) is 0 Å². The third-order valence-electron chi connectivity index (χ3n) is 4.36. The van der Waals surface area contributed by atoms with Gasteiger partial charge in [-0.05, 0) is 41.5 Å². The Morgan fingerprint density at radius 3 is 1.90 bits per heavy atom. The molecule has 0 aliphatic rings. The van der Waals surface area contributed by atoms with E-state index in [9.17, 15) is 44.6 Å². The molecule has 0 heterocycles. The molecule has 31 heavy (non-hydrogen) atoms. The average molecular weight is 481 g/mol. The molecule has 172 valence electrons. The van der Waals surface area contributed by atoms with Gasteiger partial charge < -0.3 is 16.2 Å². The van der Waals surface area contributed by atoms with Crippen molar-refractivity contribution in [2.45, 2.75) is 30.7 Å². The number of nitrogens with two attached hydrogens (primary N) is 1. The van der Waals surface area contributed by atoms with Crippen LogP contribution in [0.1, 0.15) is 22.3 Å². The fraction of sp³-hybridized carbons (Fsp3) is 0.333. The maximum Gasteiger partial charge on any atom is 0.423 e. The summed E-state index contributed by atoms with van der Waals surface area (Å²) in [7, 11) is 0. The Kier molecular flexibility index (Phi) is 6.79. The van der Waals surface area contributed by atoms with E-state index in [1.165, 1.54) is 0 Å². The van der Waals surface area contributed by atoms with Crippen LogP contribution in [0.15, 0.2) is 36.4 Å².